The molecule has 0 bridgehead atoms. The van der Waals surface area contributed by atoms with Crippen molar-refractivity contribution in [3.05, 3.63) is 11.9 Å². The predicted octanol–water partition coefficient (Wildman–Crippen LogP) is 0.702. The fourth-order valence-corrected chi connectivity index (χ4v) is 1.52. The molecule has 0 saturated heterocycles. The summed E-state index contributed by atoms with van der Waals surface area (Å²) < 4.78 is 1.75. The number of aryl methyl sites for hydroxylation is 1. The van der Waals surface area contributed by atoms with Gasteiger partial charge in [0.15, 0.2) is 0 Å². The molecule has 1 heterocycles. The van der Waals surface area contributed by atoms with Crippen LogP contribution in [0.15, 0.2) is 6.20 Å². The summed E-state index contributed by atoms with van der Waals surface area (Å²) in [5.41, 5.74) is 0.968. The number of nitrogens with zero attached hydrogens (tertiary/aromatic N) is 3. The van der Waals surface area contributed by atoms with Gasteiger partial charge in [-0.05, 0) is 13.3 Å². The second-order valence-corrected chi connectivity index (χ2v) is 4.64. The third-order valence-electron chi connectivity index (χ3n) is 3.46. The number of aliphatic hydroxyl groups is 1. The Labute approximate surface area is 96.9 Å². The lowest BCUT2D eigenvalue weighted by Crippen LogP contribution is -2.39. The highest BCUT2D eigenvalue weighted by Crippen LogP contribution is 2.24. The molecule has 0 aliphatic heterocycles. The van der Waals surface area contributed by atoms with Crippen LogP contribution in [0.5, 0.6) is 0 Å². The zero-order valence-electron chi connectivity index (χ0n) is 10.6. The van der Waals surface area contributed by atoms with E-state index in [1.807, 2.05) is 14.0 Å². The standard InChI is InChI=1S/C11H22N4O/c1-5-11(3,9(2)16)8-12-6-10-7-13-14-15(10)4/h7,9,12,16H,5-6,8H2,1-4H3. The molecule has 5 nitrogen and oxygen atoms in total. The van der Waals surface area contributed by atoms with Crippen LogP contribution in [0.2, 0.25) is 0 Å². The fourth-order valence-electron chi connectivity index (χ4n) is 1.52. The second kappa shape index (κ2) is 5.41. The molecule has 0 aromatic carbocycles. The fraction of sp³-hybridized carbons (Fsp3) is 0.818. The second-order valence-electron chi connectivity index (χ2n) is 4.64. The van der Waals surface area contributed by atoms with Crippen molar-refractivity contribution in [3.8, 4) is 0 Å². The highest BCUT2D eigenvalue weighted by atomic mass is 16.3. The van der Waals surface area contributed by atoms with Gasteiger partial charge in [-0.25, -0.2) is 0 Å². The molecule has 0 aliphatic carbocycles. The van der Waals surface area contributed by atoms with Crippen LogP contribution >= 0.6 is 0 Å². The zero-order chi connectivity index (χ0) is 12.2. The van der Waals surface area contributed by atoms with Gasteiger partial charge in [0.2, 0.25) is 0 Å². The predicted molar refractivity (Wildman–Crippen MR) is 62.8 cm³/mol. The van der Waals surface area contributed by atoms with E-state index in [9.17, 15) is 5.11 Å². The van der Waals surface area contributed by atoms with Crippen molar-refractivity contribution in [1.82, 2.24) is 20.3 Å². The van der Waals surface area contributed by atoms with Crippen molar-refractivity contribution in [1.29, 1.82) is 0 Å². The minimum atomic E-state index is -0.310. The summed E-state index contributed by atoms with van der Waals surface area (Å²) in [6, 6.07) is 0. The smallest absolute Gasteiger partial charge is 0.0738 e. The maximum absolute atomic E-state index is 9.71. The summed E-state index contributed by atoms with van der Waals surface area (Å²) in [7, 11) is 1.87. The normalized spacial score (nSPS) is 17.1. The maximum Gasteiger partial charge on any atom is 0.0738 e. The third kappa shape index (κ3) is 3.02. The van der Waals surface area contributed by atoms with Crippen LogP contribution in [0.25, 0.3) is 0 Å². The van der Waals surface area contributed by atoms with Gasteiger partial charge in [0.25, 0.3) is 0 Å². The van der Waals surface area contributed by atoms with Gasteiger partial charge in [0.1, 0.15) is 0 Å². The van der Waals surface area contributed by atoms with Crippen molar-refractivity contribution in [2.24, 2.45) is 12.5 Å². The van der Waals surface area contributed by atoms with E-state index in [4.69, 9.17) is 0 Å². The molecule has 5 heteroatoms. The molecule has 92 valence electrons. The Morgan fingerprint density at radius 2 is 2.31 bits per heavy atom. The van der Waals surface area contributed by atoms with E-state index in [2.05, 4.69) is 29.5 Å². The maximum atomic E-state index is 9.71. The van der Waals surface area contributed by atoms with E-state index in [1.54, 1.807) is 10.9 Å². The lowest BCUT2D eigenvalue weighted by atomic mass is 9.82. The molecule has 16 heavy (non-hydrogen) atoms. The molecule has 2 unspecified atom stereocenters. The van der Waals surface area contributed by atoms with Crippen LogP contribution in [0.1, 0.15) is 32.9 Å². The van der Waals surface area contributed by atoms with Gasteiger partial charge in [0, 0.05) is 25.6 Å². The number of hydrogen-bond acceptors (Lipinski definition) is 4. The molecule has 0 spiro atoms. The zero-order valence-corrected chi connectivity index (χ0v) is 10.6. The van der Waals surface area contributed by atoms with Crippen LogP contribution in [0.3, 0.4) is 0 Å². The molecule has 0 radical (unpaired) electrons. The average Bonchev–Trinajstić information content (AvgIpc) is 2.64. The van der Waals surface area contributed by atoms with Crippen LogP contribution in [-0.2, 0) is 13.6 Å². The van der Waals surface area contributed by atoms with E-state index in [0.29, 0.717) is 0 Å². The third-order valence-corrected chi connectivity index (χ3v) is 3.46. The summed E-state index contributed by atoms with van der Waals surface area (Å²) in [5, 5.41) is 20.7. The van der Waals surface area contributed by atoms with Crippen molar-refractivity contribution in [3.63, 3.8) is 0 Å². The Bertz CT molecular complexity index is 324. The number of rotatable bonds is 6. The minimum absolute atomic E-state index is 0.0774. The first-order valence-electron chi connectivity index (χ1n) is 5.72. The first-order chi connectivity index (χ1) is 7.49. The van der Waals surface area contributed by atoms with E-state index >= 15 is 0 Å². The molecule has 0 fully saturated rings. The van der Waals surface area contributed by atoms with Gasteiger partial charge >= 0.3 is 0 Å². The lowest BCUT2D eigenvalue weighted by molar-refractivity contribution is 0.0488. The summed E-state index contributed by atoms with van der Waals surface area (Å²) in [4.78, 5) is 0. The molecular formula is C11H22N4O. The van der Waals surface area contributed by atoms with E-state index < -0.39 is 0 Å². The number of aliphatic hydroxyl groups excluding tert-OH is 1. The first-order valence-corrected chi connectivity index (χ1v) is 5.72. The van der Waals surface area contributed by atoms with Gasteiger partial charge in [-0.1, -0.05) is 19.1 Å². The van der Waals surface area contributed by atoms with Gasteiger partial charge in [-0.15, -0.1) is 5.10 Å². The van der Waals surface area contributed by atoms with Gasteiger partial charge in [0.05, 0.1) is 18.0 Å². The molecule has 1 aromatic rings. The molecule has 0 saturated carbocycles. The van der Waals surface area contributed by atoms with E-state index in [0.717, 1.165) is 25.2 Å². The summed E-state index contributed by atoms with van der Waals surface area (Å²) in [6.45, 7) is 7.54. The van der Waals surface area contributed by atoms with Gasteiger partial charge in [-0.2, -0.15) is 0 Å². The highest BCUT2D eigenvalue weighted by molar-refractivity contribution is 4.93. The van der Waals surface area contributed by atoms with Crippen LogP contribution < -0.4 is 5.32 Å². The van der Waals surface area contributed by atoms with Gasteiger partial charge < -0.3 is 10.4 Å². The Morgan fingerprint density at radius 3 is 2.75 bits per heavy atom. The molecule has 2 atom stereocenters. The van der Waals surface area contributed by atoms with Crippen LogP contribution in [0.4, 0.5) is 0 Å². The molecule has 1 rings (SSSR count). The Kier molecular flexibility index (Phi) is 4.44. The highest BCUT2D eigenvalue weighted by Gasteiger charge is 2.27. The lowest BCUT2D eigenvalue weighted by Gasteiger charge is -2.31. The Balaban J connectivity index is 2.43. The molecular weight excluding hydrogens is 204 g/mol. The minimum Gasteiger partial charge on any atom is -0.393 e. The average molecular weight is 226 g/mol. The molecule has 0 amide bonds. The van der Waals surface area contributed by atoms with E-state index in [1.165, 1.54) is 0 Å². The van der Waals surface area contributed by atoms with Crippen molar-refractivity contribution in [2.45, 2.75) is 39.8 Å². The SMILES string of the molecule is CCC(C)(CNCc1cnnn1C)C(C)O. The van der Waals surface area contributed by atoms with Crippen LogP contribution in [0, 0.1) is 5.41 Å². The quantitative estimate of drug-likeness (QED) is 0.749. The first kappa shape index (κ1) is 13.1. The molecule has 0 aliphatic rings. The number of hydrogen-bond donors (Lipinski definition) is 2. The van der Waals surface area contributed by atoms with Crippen molar-refractivity contribution in [2.75, 3.05) is 6.54 Å². The summed E-state index contributed by atoms with van der Waals surface area (Å²) >= 11 is 0. The number of aromatic nitrogens is 3. The van der Waals surface area contributed by atoms with Gasteiger partial charge in [-0.3, -0.25) is 4.68 Å². The monoisotopic (exact) mass is 226 g/mol. The molecule has 2 N–H and O–H groups in total. The largest absolute Gasteiger partial charge is 0.393 e. The number of nitrogens with one attached hydrogen (secondary N) is 1. The van der Waals surface area contributed by atoms with Crippen LogP contribution in [-0.4, -0.2) is 32.7 Å². The van der Waals surface area contributed by atoms with Crippen molar-refractivity contribution < 1.29 is 5.11 Å². The van der Waals surface area contributed by atoms with E-state index in [-0.39, 0.29) is 11.5 Å². The Morgan fingerprint density at radius 1 is 1.62 bits per heavy atom. The molecule has 1 aromatic heterocycles. The Hall–Kier alpha value is -0.940. The topological polar surface area (TPSA) is 63.0 Å². The van der Waals surface area contributed by atoms with Crippen molar-refractivity contribution >= 4 is 0 Å². The summed E-state index contributed by atoms with van der Waals surface area (Å²) in [6.07, 6.45) is 2.38. The summed E-state index contributed by atoms with van der Waals surface area (Å²) in [5.74, 6) is 0.